The van der Waals surface area contributed by atoms with Gasteiger partial charge in [0.15, 0.2) is 17.3 Å². The van der Waals surface area contributed by atoms with E-state index in [4.69, 9.17) is 18.7 Å². The zero-order chi connectivity index (χ0) is 20.8. The zero-order valence-corrected chi connectivity index (χ0v) is 18.0. The van der Waals surface area contributed by atoms with Crippen molar-refractivity contribution in [2.75, 3.05) is 33.9 Å². The molecule has 1 aromatic carbocycles. The molecule has 0 unspecified atom stereocenters. The van der Waals surface area contributed by atoms with Crippen LogP contribution in [0.3, 0.4) is 0 Å². The maximum absolute atomic E-state index is 13.1. The highest BCUT2D eigenvalue weighted by atomic mass is 32.2. The quantitative estimate of drug-likeness (QED) is 0.748. The Kier molecular flexibility index (Phi) is 5.08. The molecular weight excluding hydrogens is 396 g/mol. The molecule has 0 amide bonds. The predicted octanol–water partition coefficient (Wildman–Crippen LogP) is 2.56. The Morgan fingerprint density at radius 1 is 1.10 bits per heavy atom. The van der Waals surface area contributed by atoms with Gasteiger partial charge in [0.05, 0.1) is 26.4 Å². The zero-order valence-electron chi connectivity index (χ0n) is 17.1. The lowest BCUT2D eigenvalue weighted by atomic mass is 9.79. The third kappa shape index (κ3) is 3.21. The first kappa shape index (κ1) is 20.2. The number of ether oxygens (including phenoxy) is 3. The lowest BCUT2D eigenvalue weighted by molar-refractivity contribution is -0.0893. The number of rotatable bonds is 4. The molecule has 8 nitrogen and oxygen atoms in total. The molecule has 1 aromatic heterocycles. The molecule has 2 aromatic rings. The molecule has 0 radical (unpaired) electrons. The standard InChI is InChI=1S/C20H26N2O6S/c1-13-19(14(2)28-21-13)29(23,24)22-8-6-20(7-9-22)16-12-18(26-4)17(25-3)11-15(16)5-10-27-20/h11-12H,5-10H2,1-4H3. The van der Waals surface area contributed by atoms with Crippen molar-refractivity contribution >= 4 is 10.0 Å². The SMILES string of the molecule is COc1cc2c(cc1OC)C1(CCN(S(=O)(=O)c3c(C)noc3C)CC1)OCC2. The van der Waals surface area contributed by atoms with Crippen molar-refractivity contribution in [3.05, 3.63) is 34.7 Å². The molecule has 1 spiro atoms. The summed E-state index contributed by atoms with van der Waals surface area (Å²) in [6.45, 7) is 4.59. The highest BCUT2D eigenvalue weighted by Gasteiger charge is 2.44. The molecule has 1 fully saturated rings. The summed E-state index contributed by atoms with van der Waals surface area (Å²) < 4.78 is 50.0. The number of nitrogens with zero attached hydrogens (tertiary/aromatic N) is 2. The summed E-state index contributed by atoms with van der Waals surface area (Å²) in [6, 6.07) is 3.98. The minimum atomic E-state index is -3.66. The normalized spacial score (nSPS) is 19.2. The number of aryl methyl sites for hydroxylation is 2. The van der Waals surface area contributed by atoms with Gasteiger partial charge in [0.1, 0.15) is 10.6 Å². The molecule has 0 saturated carbocycles. The first-order valence-electron chi connectivity index (χ1n) is 9.65. The summed E-state index contributed by atoms with van der Waals surface area (Å²) in [5.74, 6) is 1.67. The van der Waals surface area contributed by atoms with E-state index in [1.165, 1.54) is 4.31 Å². The Morgan fingerprint density at radius 2 is 1.76 bits per heavy atom. The van der Waals surface area contributed by atoms with Crippen molar-refractivity contribution in [3.8, 4) is 11.5 Å². The van der Waals surface area contributed by atoms with Crippen LogP contribution in [-0.2, 0) is 26.8 Å². The average molecular weight is 423 g/mol. The number of aromatic nitrogens is 1. The lowest BCUT2D eigenvalue weighted by Gasteiger charge is -2.44. The summed E-state index contributed by atoms with van der Waals surface area (Å²) in [4.78, 5) is 0.171. The molecule has 158 valence electrons. The second-order valence-corrected chi connectivity index (χ2v) is 9.39. The van der Waals surface area contributed by atoms with Gasteiger partial charge in [-0.1, -0.05) is 5.16 Å². The van der Waals surface area contributed by atoms with E-state index in [1.807, 2.05) is 12.1 Å². The highest BCUT2D eigenvalue weighted by molar-refractivity contribution is 7.89. The summed E-state index contributed by atoms with van der Waals surface area (Å²) in [5, 5.41) is 3.79. The van der Waals surface area contributed by atoms with Gasteiger partial charge in [0, 0.05) is 13.1 Å². The van der Waals surface area contributed by atoms with Crippen LogP contribution in [0.5, 0.6) is 11.5 Å². The predicted molar refractivity (Wildman–Crippen MR) is 105 cm³/mol. The van der Waals surface area contributed by atoms with Gasteiger partial charge in [0.25, 0.3) is 0 Å². The molecule has 1 saturated heterocycles. The van der Waals surface area contributed by atoms with Crippen molar-refractivity contribution in [2.45, 2.75) is 43.6 Å². The molecule has 3 heterocycles. The second kappa shape index (κ2) is 7.30. The number of fused-ring (bicyclic) bond motifs is 2. The summed E-state index contributed by atoms with van der Waals surface area (Å²) in [7, 11) is -0.426. The van der Waals surface area contributed by atoms with Crippen molar-refractivity contribution in [3.63, 3.8) is 0 Å². The van der Waals surface area contributed by atoms with Gasteiger partial charge >= 0.3 is 0 Å². The maximum atomic E-state index is 13.1. The number of benzene rings is 1. The van der Waals surface area contributed by atoms with Crippen molar-refractivity contribution < 1.29 is 27.2 Å². The van der Waals surface area contributed by atoms with E-state index in [-0.39, 0.29) is 4.90 Å². The molecule has 29 heavy (non-hydrogen) atoms. The first-order valence-corrected chi connectivity index (χ1v) is 11.1. The number of hydrogen-bond donors (Lipinski definition) is 0. The molecule has 0 N–H and O–H groups in total. The van der Waals surface area contributed by atoms with Crippen LogP contribution < -0.4 is 9.47 Å². The Hall–Kier alpha value is -2.10. The van der Waals surface area contributed by atoms with E-state index >= 15 is 0 Å². The third-order valence-electron chi connectivity index (χ3n) is 5.95. The van der Waals surface area contributed by atoms with Crippen LogP contribution in [0.2, 0.25) is 0 Å². The van der Waals surface area contributed by atoms with Crippen LogP contribution in [0.15, 0.2) is 21.6 Å². The molecule has 0 bridgehead atoms. The minimum absolute atomic E-state index is 0.171. The van der Waals surface area contributed by atoms with Gasteiger partial charge in [0.2, 0.25) is 10.0 Å². The summed E-state index contributed by atoms with van der Waals surface area (Å²) in [6.07, 6.45) is 1.93. The number of piperidine rings is 1. The van der Waals surface area contributed by atoms with Gasteiger partial charge in [-0.2, -0.15) is 4.31 Å². The van der Waals surface area contributed by atoms with Crippen molar-refractivity contribution in [1.82, 2.24) is 9.46 Å². The number of hydrogen-bond acceptors (Lipinski definition) is 7. The van der Waals surface area contributed by atoms with E-state index in [2.05, 4.69) is 5.16 Å². The van der Waals surface area contributed by atoms with Crippen molar-refractivity contribution in [2.24, 2.45) is 0 Å². The molecule has 9 heteroatoms. The topological polar surface area (TPSA) is 91.1 Å². The largest absolute Gasteiger partial charge is 0.493 e. The molecular formula is C20H26N2O6S. The van der Waals surface area contributed by atoms with E-state index < -0.39 is 15.6 Å². The smallest absolute Gasteiger partial charge is 0.248 e. The minimum Gasteiger partial charge on any atom is -0.493 e. The third-order valence-corrected chi connectivity index (χ3v) is 8.09. The van der Waals surface area contributed by atoms with Crippen LogP contribution in [0.1, 0.15) is 35.4 Å². The van der Waals surface area contributed by atoms with Crippen LogP contribution >= 0.6 is 0 Å². The van der Waals surface area contributed by atoms with E-state index in [0.29, 0.717) is 55.5 Å². The fourth-order valence-corrected chi connectivity index (χ4v) is 6.19. The Morgan fingerprint density at radius 3 is 2.34 bits per heavy atom. The van der Waals surface area contributed by atoms with Gasteiger partial charge < -0.3 is 18.7 Å². The molecule has 0 aliphatic carbocycles. The van der Waals surface area contributed by atoms with E-state index in [1.54, 1.807) is 28.1 Å². The Bertz CT molecular complexity index is 1000. The van der Waals surface area contributed by atoms with Crippen LogP contribution in [0.4, 0.5) is 0 Å². The molecule has 2 aliphatic rings. The van der Waals surface area contributed by atoms with Gasteiger partial charge in [-0.3, -0.25) is 0 Å². The highest BCUT2D eigenvalue weighted by Crippen LogP contribution is 2.46. The average Bonchev–Trinajstić information content (AvgIpc) is 3.06. The second-order valence-electron chi connectivity index (χ2n) is 7.51. The fraction of sp³-hybridized carbons (Fsp3) is 0.550. The molecule has 2 aliphatic heterocycles. The Balaban J connectivity index is 1.64. The van der Waals surface area contributed by atoms with Crippen molar-refractivity contribution in [1.29, 1.82) is 0 Å². The Labute approximate surface area is 170 Å². The molecule has 4 rings (SSSR count). The maximum Gasteiger partial charge on any atom is 0.248 e. The summed E-state index contributed by atoms with van der Waals surface area (Å²) in [5.41, 5.74) is 2.10. The fourth-order valence-electron chi connectivity index (χ4n) is 4.46. The monoisotopic (exact) mass is 422 g/mol. The van der Waals surface area contributed by atoms with Crippen LogP contribution in [-0.4, -0.2) is 51.8 Å². The number of sulfonamides is 1. The number of methoxy groups -OCH3 is 2. The molecule has 0 atom stereocenters. The van der Waals surface area contributed by atoms with Crippen LogP contribution in [0, 0.1) is 13.8 Å². The van der Waals surface area contributed by atoms with E-state index in [9.17, 15) is 8.42 Å². The van der Waals surface area contributed by atoms with Crippen LogP contribution in [0.25, 0.3) is 0 Å². The van der Waals surface area contributed by atoms with Gasteiger partial charge in [-0.05, 0) is 56.4 Å². The van der Waals surface area contributed by atoms with Gasteiger partial charge in [-0.25, -0.2) is 8.42 Å². The summed E-state index contributed by atoms with van der Waals surface area (Å²) >= 11 is 0. The lowest BCUT2D eigenvalue weighted by Crippen LogP contribution is -2.48. The first-order chi connectivity index (χ1) is 13.8. The van der Waals surface area contributed by atoms with Gasteiger partial charge in [-0.15, -0.1) is 0 Å². The van der Waals surface area contributed by atoms with E-state index in [0.717, 1.165) is 17.5 Å².